The van der Waals surface area contributed by atoms with Crippen molar-refractivity contribution in [3.63, 3.8) is 0 Å². The summed E-state index contributed by atoms with van der Waals surface area (Å²) in [6, 6.07) is 7.99. The Morgan fingerprint density at radius 3 is 2.59 bits per heavy atom. The molecule has 0 radical (unpaired) electrons. The Morgan fingerprint density at radius 2 is 2.06 bits per heavy atom. The zero-order valence-corrected chi connectivity index (χ0v) is 9.33. The molecule has 88 valence electrons. The molecule has 2 rings (SSSR count). The highest BCUT2D eigenvalue weighted by molar-refractivity contribution is 5.95. The van der Waals surface area contributed by atoms with Crippen LogP contribution in [0.5, 0.6) is 0 Å². The third-order valence-electron chi connectivity index (χ3n) is 3.46. The summed E-state index contributed by atoms with van der Waals surface area (Å²) < 4.78 is 0. The van der Waals surface area contributed by atoms with Crippen LogP contribution in [0.2, 0.25) is 0 Å². The van der Waals surface area contributed by atoms with Gasteiger partial charge in [-0.25, -0.2) is 0 Å². The van der Waals surface area contributed by atoms with E-state index < -0.39 is 11.5 Å². The first-order valence-electron chi connectivity index (χ1n) is 5.49. The van der Waals surface area contributed by atoms with Crippen molar-refractivity contribution < 1.29 is 9.72 Å². The summed E-state index contributed by atoms with van der Waals surface area (Å²) in [6.07, 6.45) is 1.96. The number of ketones is 1. The Labute approximate surface area is 99.1 Å². The zero-order valence-electron chi connectivity index (χ0n) is 9.33. The number of hydrogen-bond acceptors (Lipinski definition) is 3. The number of rotatable bonds is 3. The second-order valence-electron chi connectivity index (χ2n) is 4.20. The van der Waals surface area contributed by atoms with Gasteiger partial charge >= 0.3 is 0 Å². The SMILES string of the molecule is C=C[C@]1(c2ccccc2)C(=O)CC[C@@H]1[N+](=O)[O-]. The van der Waals surface area contributed by atoms with E-state index in [1.54, 1.807) is 24.3 Å². The van der Waals surface area contributed by atoms with Crippen molar-refractivity contribution in [1.29, 1.82) is 0 Å². The van der Waals surface area contributed by atoms with Gasteiger partial charge in [0.05, 0.1) is 0 Å². The monoisotopic (exact) mass is 231 g/mol. The lowest BCUT2D eigenvalue weighted by atomic mass is 9.75. The molecule has 4 nitrogen and oxygen atoms in total. The molecular weight excluding hydrogens is 218 g/mol. The molecule has 1 aliphatic carbocycles. The maximum absolute atomic E-state index is 12.1. The number of Topliss-reactive ketones (excluding diaryl/α,β-unsaturated/α-hetero) is 1. The molecule has 0 aliphatic heterocycles. The molecule has 0 amide bonds. The standard InChI is InChI=1S/C13H13NO3/c1-2-13(10-6-4-3-5-7-10)11(14(16)17)8-9-12(13)15/h2-7,11H,1,8-9H2/t11-,13+/m0/s1. The lowest BCUT2D eigenvalue weighted by Gasteiger charge is -2.25. The first-order chi connectivity index (χ1) is 8.13. The summed E-state index contributed by atoms with van der Waals surface area (Å²) in [5, 5.41) is 11.1. The van der Waals surface area contributed by atoms with Gasteiger partial charge in [-0.05, 0) is 5.56 Å². The summed E-state index contributed by atoms with van der Waals surface area (Å²) >= 11 is 0. The topological polar surface area (TPSA) is 60.2 Å². The van der Waals surface area contributed by atoms with Crippen molar-refractivity contribution >= 4 is 5.78 Å². The molecule has 1 aromatic rings. The van der Waals surface area contributed by atoms with E-state index in [0.717, 1.165) is 0 Å². The van der Waals surface area contributed by atoms with Gasteiger partial charge in [0.15, 0.2) is 5.78 Å². The zero-order chi connectivity index (χ0) is 12.5. The molecule has 1 aromatic carbocycles. The van der Waals surface area contributed by atoms with Gasteiger partial charge in [0, 0.05) is 17.8 Å². The second-order valence-corrected chi connectivity index (χ2v) is 4.20. The molecule has 1 saturated carbocycles. The van der Waals surface area contributed by atoms with Crippen LogP contribution in [0, 0.1) is 10.1 Å². The van der Waals surface area contributed by atoms with E-state index in [0.29, 0.717) is 5.56 Å². The van der Waals surface area contributed by atoms with E-state index in [2.05, 4.69) is 6.58 Å². The van der Waals surface area contributed by atoms with E-state index in [1.807, 2.05) is 6.07 Å². The van der Waals surface area contributed by atoms with Gasteiger partial charge < -0.3 is 0 Å². The van der Waals surface area contributed by atoms with Crippen molar-refractivity contribution in [1.82, 2.24) is 0 Å². The van der Waals surface area contributed by atoms with Crippen molar-refractivity contribution in [2.45, 2.75) is 24.3 Å². The maximum atomic E-state index is 12.1. The minimum absolute atomic E-state index is 0.111. The van der Waals surface area contributed by atoms with E-state index in [4.69, 9.17) is 0 Å². The molecule has 17 heavy (non-hydrogen) atoms. The Kier molecular flexibility index (Phi) is 2.79. The summed E-state index contributed by atoms with van der Waals surface area (Å²) in [5.74, 6) is -0.111. The highest BCUT2D eigenvalue weighted by Gasteiger charge is 2.56. The highest BCUT2D eigenvalue weighted by atomic mass is 16.6. The molecule has 0 unspecified atom stereocenters. The van der Waals surface area contributed by atoms with Crippen molar-refractivity contribution in [3.05, 3.63) is 58.7 Å². The van der Waals surface area contributed by atoms with Crippen LogP contribution in [0.1, 0.15) is 18.4 Å². The van der Waals surface area contributed by atoms with Gasteiger partial charge in [-0.1, -0.05) is 36.4 Å². The normalized spacial score (nSPS) is 28.0. The Hall–Kier alpha value is -1.97. The first-order valence-corrected chi connectivity index (χ1v) is 5.49. The minimum Gasteiger partial charge on any atom is -0.298 e. The second kappa shape index (κ2) is 4.13. The summed E-state index contributed by atoms with van der Waals surface area (Å²) in [7, 11) is 0. The average molecular weight is 231 g/mol. The number of nitro groups is 1. The van der Waals surface area contributed by atoms with Crippen LogP contribution >= 0.6 is 0 Å². The molecule has 0 heterocycles. The highest BCUT2D eigenvalue weighted by Crippen LogP contribution is 2.40. The van der Waals surface area contributed by atoms with Gasteiger partial charge in [0.25, 0.3) is 0 Å². The van der Waals surface area contributed by atoms with Crippen LogP contribution in [-0.4, -0.2) is 16.7 Å². The largest absolute Gasteiger partial charge is 0.298 e. The van der Waals surface area contributed by atoms with Crippen LogP contribution in [0.15, 0.2) is 43.0 Å². The van der Waals surface area contributed by atoms with Crippen LogP contribution in [0.25, 0.3) is 0 Å². The van der Waals surface area contributed by atoms with E-state index in [9.17, 15) is 14.9 Å². The Bertz CT molecular complexity index is 469. The van der Waals surface area contributed by atoms with Gasteiger partial charge in [-0.3, -0.25) is 14.9 Å². The van der Waals surface area contributed by atoms with Crippen molar-refractivity contribution in [3.8, 4) is 0 Å². The molecule has 0 N–H and O–H groups in total. The van der Waals surface area contributed by atoms with Crippen LogP contribution in [0.3, 0.4) is 0 Å². The van der Waals surface area contributed by atoms with Crippen molar-refractivity contribution in [2.75, 3.05) is 0 Å². The third-order valence-corrected chi connectivity index (χ3v) is 3.46. The minimum atomic E-state index is -1.15. The maximum Gasteiger partial charge on any atom is 0.233 e. The molecule has 0 aromatic heterocycles. The van der Waals surface area contributed by atoms with Gasteiger partial charge in [0.2, 0.25) is 6.04 Å². The lowest BCUT2D eigenvalue weighted by molar-refractivity contribution is -0.527. The molecule has 0 spiro atoms. The number of benzene rings is 1. The van der Waals surface area contributed by atoms with Gasteiger partial charge in [0.1, 0.15) is 5.41 Å². The smallest absolute Gasteiger partial charge is 0.233 e. The van der Waals surface area contributed by atoms with Gasteiger partial charge in [-0.2, -0.15) is 0 Å². The lowest BCUT2D eigenvalue weighted by Crippen LogP contribution is -2.43. The number of nitrogens with zero attached hydrogens (tertiary/aromatic N) is 1. The molecule has 0 saturated heterocycles. The number of hydrogen-bond donors (Lipinski definition) is 0. The quantitative estimate of drug-likeness (QED) is 0.454. The molecular formula is C13H13NO3. The Morgan fingerprint density at radius 1 is 1.41 bits per heavy atom. The molecule has 1 fully saturated rings. The van der Waals surface area contributed by atoms with Crippen LogP contribution in [0.4, 0.5) is 0 Å². The molecule has 0 bridgehead atoms. The molecule has 2 atom stereocenters. The predicted octanol–water partition coefficient (Wildman–Crippen LogP) is 2.12. The van der Waals surface area contributed by atoms with Crippen LogP contribution < -0.4 is 0 Å². The molecule has 1 aliphatic rings. The molecule has 4 heteroatoms. The third kappa shape index (κ3) is 1.56. The van der Waals surface area contributed by atoms with E-state index in [-0.39, 0.29) is 23.5 Å². The first kappa shape index (κ1) is 11.5. The van der Waals surface area contributed by atoms with Gasteiger partial charge in [-0.15, -0.1) is 6.58 Å². The number of carbonyl (C=O) groups is 1. The number of carbonyl (C=O) groups excluding carboxylic acids is 1. The fourth-order valence-corrected chi connectivity index (χ4v) is 2.59. The van der Waals surface area contributed by atoms with Crippen LogP contribution in [-0.2, 0) is 10.2 Å². The fraction of sp³-hybridized carbons (Fsp3) is 0.308. The summed E-state index contributed by atoms with van der Waals surface area (Å²) in [6.45, 7) is 3.65. The summed E-state index contributed by atoms with van der Waals surface area (Å²) in [5.41, 5.74) is -0.482. The average Bonchev–Trinajstić information content (AvgIpc) is 2.68. The predicted molar refractivity (Wildman–Crippen MR) is 63.3 cm³/mol. The fourth-order valence-electron chi connectivity index (χ4n) is 2.59. The van der Waals surface area contributed by atoms with E-state index in [1.165, 1.54) is 6.08 Å². The summed E-state index contributed by atoms with van der Waals surface area (Å²) in [4.78, 5) is 22.8. The Balaban J connectivity index is 2.59. The van der Waals surface area contributed by atoms with E-state index >= 15 is 0 Å². The van der Waals surface area contributed by atoms with Crippen molar-refractivity contribution in [2.24, 2.45) is 0 Å².